The van der Waals surface area contributed by atoms with Gasteiger partial charge in [-0.2, -0.15) is 5.26 Å². The van der Waals surface area contributed by atoms with Crippen molar-refractivity contribution in [3.63, 3.8) is 0 Å². The zero-order chi connectivity index (χ0) is 11.0. The summed E-state index contributed by atoms with van der Waals surface area (Å²) >= 11 is 0. The van der Waals surface area contributed by atoms with Gasteiger partial charge in [0, 0.05) is 5.39 Å². The number of phenols is 1. The predicted molar refractivity (Wildman–Crippen MR) is 57.6 cm³/mol. The number of aromatic hydroxyl groups is 1. The number of pyridine rings is 1. The van der Waals surface area contributed by atoms with Crippen LogP contribution in [0.15, 0.2) is 18.2 Å². The van der Waals surface area contributed by atoms with E-state index in [9.17, 15) is 5.11 Å². The van der Waals surface area contributed by atoms with Crippen molar-refractivity contribution >= 4 is 10.9 Å². The number of aromatic nitrogens is 1. The molecule has 0 radical (unpaired) electrons. The Hall–Kier alpha value is -2.08. The molecule has 0 bridgehead atoms. The molecule has 0 amide bonds. The number of phenolic OH excluding ortho intramolecular Hbond substituents is 1. The highest BCUT2D eigenvalue weighted by atomic mass is 16.3. The standard InChI is InChI=1S/C12H10N2O/c1-7-8(2)10(6-13)14-12-9(7)4-3-5-11(12)15/h3-5,15H,1-2H3. The highest BCUT2D eigenvalue weighted by Crippen LogP contribution is 2.27. The molecule has 3 nitrogen and oxygen atoms in total. The first-order valence-electron chi connectivity index (χ1n) is 4.64. The van der Waals surface area contributed by atoms with Gasteiger partial charge in [-0.3, -0.25) is 0 Å². The minimum atomic E-state index is 0.118. The van der Waals surface area contributed by atoms with Gasteiger partial charge in [0.1, 0.15) is 23.0 Å². The second-order valence-corrected chi connectivity index (χ2v) is 3.50. The zero-order valence-corrected chi connectivity index (χ0v) is 8.57. The number of rotatable bonds is 0. The number of hydrogen-bond donors (Lipinski definition) is 1. The van der Waals surface area contributed by atoms with Crippen molar-refractivity contribution < 1.29 is 5.11 Å². The van der Waals surface area contributed by atoms with E-state index in [1.165, 1.54) is 0 Å². The van der Waals surface area contributed by atoms with Gasteiger partial charge < -0.3 is 5.11 Å². The highest BCUT2D eigenvalue weighted by molar-refractivity contribution is 5.88. The molecule has 1 heterocycles. The summed E-state index contributed by atoms with van der Waals surface area (Å²) in [5, 5.41) is 19.4. The van der Waals surface area contributed by atoms with E-state index in [1.54, 1.807) is 12.1 Å². The maximum absolute atomic E-state index is 9.63. The lowest BCUT2D eigenvalue weighted by atomic mass is 10.0. The van der Waals surface area contributed by atoms with Gasteiger partial charge in [-0.05, 0) is 31.0 Å². The minimum absolute atomic E-state index is 0.118. The number of hydrogen-bond acceptors (Lipinski definition) is 3. The molecule has 1 N–H and O–H groups in total. The SMILES string of the molecule is Cc1c(C#N)nc2c(O)cccc2c1C. The normalized spacial score (nSPS) is 10.2. The Kier molecular flexibility index (Phi) is 2.05. The molecule has 3 heteroatoms. The summed E-state index contributed by atoms with van der Waals surface area (Å²) in [5.74, 6) is 0.118. The van der Waals surface area contributed by atoms with Gasteiger partial charge in [-0.1, -0.05) is 12.1 Å². The van der Waals surface area contributed by atoms with E-state index in [2.05, 4.69) is 4.98 Å². The largest absolute Gasteiger partial charge is 0.506 e. The first-order valence-corrected chi connectivity index (χ1v) is 4.64. The lowest BCUT2D eigenvalue weighted by molar-refractivity contribution is 0.480. The molecule has 15 heavy (non-hydrogen) atoms. The van der Waals surface area contributed by atoms with E-state index >= 15 is 0 Å². The fourth-order valence-electron chi connectivity index (χ4n) is 1.64. The van der Waals surface area contributed by atoms with Gasteiger partial charge in [0.25, 0.3) is 0 Å². The number of aryl methyl sites for hydroxylation is 1. The van der Waals surface area contributed by atoms with Crippen molar-refractivity contribution in [3.05, 3.63) is 35.0 Å². The number of fused-ring (bicyclic) bond motifs is 1. The molecule has 0 saturated heterocycles. The Morgan fingerprint density at radius 3 is 2.67 bits per heavy atom. The third-order valence-electron chi connectivity index (χ3n) is 2.67. The predicted octanol–water partition coefficient (Wildman–Crippen LogP) is 2.43. The summed E-state index contributed by atoms with van der Waals surface area (Å²) in [4.78, 5) is 4.14. The smallest absolute Gasteiger partial charge is 0.144 e. The van der Waals surface area contributed by atoms with E-state index < -0.39 is 0 Å². The van der Waals surface area contributed by atoms with Crippen molar-refractivity contribution in [1.29, 1.82) is 5.26 Å². The van der Waals surface area contributed by atoms with Crippen LogP contribution in [0, 0.1) is 25.2 Å². The molecule has 1 aromatic heterocycles. The summed E-state index contributed by atoms with van der Waals surface area (Å²) in [5.41, 5.74) is 2.74. The second-order valence-electron chi connectivity index (χ2n) is 3.50. The molecule has 74 valence electrons. The van der Waals surface area contributed by atoms with Crippen LogP contribution in [0.5, 0.6) is 5.75 Å². The van der Waals surface area contributed by atoms with Crippen LogP contribution in [0.4, 0.5) is 0 Å². The molecular formula is C12H10N2O. The number of para-hydroxylation sites is 1. The summed E-state index contributed by atoms with van der Waals surface area (Å²) < 4.78 is 0. The molecule has 0 fully saturated rings. The molecule has 1 aromatic carbocycles. The van der Waals surface area contributed by atoms with Crippen LogP contribution < -0.4 is 0 Å². The zero-order valence-electron chi connectivity index (χ0n) is 8.57. The van der Waals surface area contributed by atoms with Gasteiger partial charge >= 0.3 is 0 Å². The maximum Gasteiger partial charge on any atom is 0.144 e. The quantitative estimate of drug-likeness (QED) is 0.707. The number of nitrogens with zero attached hydrogens (tertiary/aromatic N) is 2. The molecule has 2 rings (SSSR count). The van der Waals surface area contributed by atoms with Crippen molar-refractivity contribution in [2.75, 3.05) is 0 Å². The second kappa shape index (κ2) is 3.25. The molecule has 0 aliphatic rings. The summed E-state index contributed by atoms with van der Waals surface area (Å²) in [6, 6.07) is 7.28. The van der Waals surface area contributed by atoms with Crippen LogP contribution in [-0.2, 0) is 0 Å². The van der Waals surface area contributed by atoms with E-state index in [1.807, 2.05) is 26.0 Å². The van der Waals surface area contributed by atoms with Crippen LogP contribution in [0.25, 0.3) is 10.9 Å². The average molecular weight is 198 g/mol. The van der Waals surface area contributed by atoms with E-state index in [0.717, 1.165) is 16.5 Å². The Labute approximate surface area is 87.6 Å². The van der Waals surface area contributed by atoms with Crippen molar-refractivity contribution in [2.45, 2.75) is 13.8 Å². The van der Waals surface area contributed by atoms with Gasteiger partial charge in [-0.15, -0.1) is 0 Å². The average Bonchev–Trinajstić information content (AvgIpc) is 2.24. The minimum Gasteiger partial charge on any atom is -0.506 e. The van der Waals surface area contributed by atoms with Crippen LogP contribution in [0.2, 0.25) is 0 Å². The van der Waals surface area contributed by atoms with E-state index in [-0.39, 0.29) is 5.75 Å². The Bertz CT molecular complexity index is 582. The molecule has 0 unspecified atom stereocenters. The Morgan fingerprint density at radius 1 is 1.27 bits per heavy atom. The topological polar surface area (TPSA) is 56.9 Å². The lowest BCUT2D eigenvalue weighted by Gasteiger charge is -2.07. The van der Waals surface area contributed by atoms with Crippen LogP contribution in [0.3, 0.4) is 0 Å². The maximum atomic E-state index is 9.63. The van der Waals surface area contributed by atoms with E-state index in [0.29, 0.717) is 11.2 Å². The fraction of sp³-hybridized carbons (Fsp3) is 0.167. The third-order valence-corrected chi connectivity index (χ3v) is 2.67. The Morgan fingerprint density at radius 2 is 2.00 bits per heavy atom. The van der Waals surface area contributed by atoms with Gasteiger partial charge in [0.15, 0.2) is 0 Å². The molecule has 0 aliphatic heterocycles. The molecular weight excluding hydrogens is 188 g/mol. The highest BCUT2D eigenvalue weighted by Gasteiger charge is 2.10. The monoisotopic (exact) mass is 198 g/mol. The van der Waals surface area contributed by atoms with Crippen molar-refractivity contribution in [2.24, 2.45) is 0 Å². The first-order chi connectivity index (χ1) is 7.15. The van der Waals surface area contributed by atoms with Crippen molar-refractivity contribution in [3.8, 4) is 11.8 Å². The molecule has 0 atom stereocenters. The summed E-state index contributed by atoms with van der Waals surface area (Å²) in [6.07, 6.45) is 0. The molecule has 0 aliphatic carbocycles. The van der Waals surface area contributed by atoms with Crippen molar-refractivity contribution in [1.82, 2.24) is 4.98 Å². The number of nitriles is 1. The van der Waals surface area contributed by atoms with Crippen LogP contribution in [-0.4, -0.2) is 10.1 Å². The van der Waals surface area contributed by atoms with Gasteiger partial charge in [0.05, 0.1) is 0 Å². The Balaban J connectivity index is 2.99. The van der Waals surface area contributed by atoms with Crippen LogP contribution in [0.1, 0.15) is 16.8 Å². The van der Waals surface area contributed by atoms with E-state index in [4.69, 9.17) is 5.26 Å². The third kappa shape index (κ3) is 1.31. The van der Waals surface area contributed by atoms with Gasteiger partial charge in [-0.25, -0.2) is 4.98 Å². The summed E-state index contributed by atoms with van der Waals surface area (Å²) in [6.45, 7) is 3.80. The van der Waals surface area contributed by atoms with Crippen LogP contribution >= 0.6 is 0 Å². The summed E-state index contributed by atoms with van der Waals surface area (Å²) in [7, 11) is 0. The number of benzene rings is 1. The lowest BCUT2D eigenvalue weighted by Crippen LogP contribution is -1.94. The molecule has 2 aromatic rings. The molecule has 0 spiro atoms. The van der Waals surface area contributed by atoms with Gasteiger partial charge in [0.2, 0.25) is 0 Å². The first kappa shape index (κ1) is 9.47. The molecule has 0 saturated carbocycles. The fourth-order valence-corrected chi connectivity index (χ4v) is 1.64.